The molecule has 92 valence electrons. The van der Waals surface area contributed by atoms with E-state index >= 15 is 0 Å². The molecule has 0 bridgehead atoms. The monoisotopic (exact) mass is 280 g/mol. The quantitative estimate of drug-likeness (QED) is 0.905. The molecule has 1 aromatic heterocycles. The predicted octanol–water partition coefficient (Wildman–Crippen LogP) is 3.95. The van der Waals surface area contributed by atoms with Gasteiger partial charge in [0, 0.05) is 11.2 Å². The van der Waals surface area contributed by atoms with Gasteiger partial charge in [-0.3, -0.25) is 4.79 Å². The molecular formula is C13H10Cl2N2O. The van der Waals surface area contributed by atoms with E-state index in [0.717, 1.165) is 5.56 Å². The smallest absolute Gasteiger partial charge is 0.258 e. The Morgan fingerprint density at radius 1 is 1.28 bits per heavy atom. The number of anilines is 1. The van der Waals surface area contributed by atoms with Crippen LogP contribution >= 0.6 is 23.2 Å². The largest absolute Gasteiger partial charge is 0.306 e. The summed E-state index contributed by atoms with van der Waals surface area (Å²) in [5.74, 6) is 0.0866. The summed E-state index contributed by atoms with van der Waals surface area (Å²) in [6.07, 6.45) is 1.52. The standard InChI is InChI=1S/C13H10Cl2N2O/c1-8-3-2-4-10(12(8)15)13(18)17-11-7-9(14)5-6-16-11/h2-7H,1H3,(H,16,17,18). The number of halogens is 2. The van der Waals surface area contributed by atoms with Gasteiger partial charge in [-0.2, -0.15) is 0 Å². The molecule has 2 aromatic rings. The summed E-state index contributed by atoms with van der Waals surface area (Å²) in [6, 6.07) is 8.49. The number of amides is 1. The van der Waals surface area contributed by atoms with E-state index in [1.54, 1.807) is 24.3 Å². The molecule has 0 aliphatic heterocycles. The molecule has 0 radical (unpaired) electrons. The van der Waals surface area contributed by atoms with Crippen molar-refractivity contribution in [2.75, 3.05) is 5.32 Å². The summed E-state index contributed by atoms with van der Waals surface area (Å²) >= 11 is 11.9. The number of carbonyl (C=O) groups is 1. The number of aryl methyl sites for hydroxylation is 1. The number of carbonyl (C=O) groups excluding carboxylic acids is 1. The van der Waals surface area contributed by atoms with Gasteiger partial charge in [0.2, 0.25) is 0 Å². The molecule has 0 saturated carbocycles. The molecule has 0 spiro atoms. The first kappa shape index (κ1) is 12.9. The highest BCUT2D eigenvalue weighted by Crippen LogP contribution is 2.21. The van der Waals surface area contributed by atoms with Gasteiger partial charge < -0.3 is 5.32 Å². The highest BCUT2D eigenvalue weighted by molar-refractivity contribution is 6.35. The molecule has 0 aliphatic carbocycles. The summed E-state index contributed by atoms with van der Waals surface area (Å²) in [5.41, 5.74) is 1.27. The summed E-state index contributed by atoms with van der Waals surface area (Å²) < 4.78 is 0. The minimum Gasteiger partial charge on any atom is -0.306 e. The van der Waals surface area contributed by atoms with Crippen LogP contribution in [0.15, 0.2) is 36.5 Å². The topological polar surface area (TPSA) is 42.0 Å². The van der Waals surface area contributed by atoms with Gasteiger partial charge in [0.1, 0.15) is 5.82 Å². The van der Waals surface area contributed by atoms with E-state index in [1.165, 1.54) is 6.20 Å². The number of benzene rings is 1. The Kier molecular flexibility index (Phi) is 3.84. The van der Waals surface area contributed by atoms with Crippen LogP contribution in [0, 0.1) is 6.92 Å². The van der Waals surface area contributed by atoms with Crippen molar-refractivity contribution in [3.63, 3.8) is 0 Å². The number of hydrogen-bond acceptors (Lipinski definition) is 2. The van der Waals surface area contributed by atoms with Crippen LogP contribution in [0.25, 0.3) is 0 Å². The second-order valence-electron chi connectivity index (χ2n) is 3.75. The Labute approximate surface area is 115 Å². The van der Waals surface area contributed by atoms with Crippen molar-refractivity contribution in [3.05, 3.63) is 57.7 Å². The van der Waals surface area contributed by atoms with Gasteiger partial charge in [-0.15, -0.1) is 0 Å². The van der Waals surface area contributed by atoms with E-state index < -0.39 is 0 Å². The zero-order chi connectivity index (χ0) is 13.1. The van der Waals surface area contributed by atoms with Crippen molar-refractivity contribution in [1.29, 1.82) is 0 Å². The SMILES string of the molecule is Cc1cccc(C(=O)Nc2cc(Cl)ccn2)c1Cl. The van der Waals surface area contributed by atoms with Gasteiger partial charge in [0.15, 0.2) is 0 Å². The summed E-state index contributed by atoms with van der Waals surface area (Å²) in [4.78, 5) is 16.0. The predicted molar refractivity (Wildman–Crippen MR) is 73.4 cm³/mol. The van der Waals surface area contributed by atoms with Crippen molar-refractivity contribution in [1.82, 2.24) is 4.98 Å². The van der Waals surface area contributed by atoms with E-state index in [4.69, 9.17) is 23.2 Å². The minimum absolute atomic E-state index is 0.307. The first-order valence-corrected chi connectivity index (χ1v) is 6.01. The van der Waals surface area contributed by atoms with Crippen LogP contribution in [0.5, 0.6) is 0 Å². The third-order valence-electron chi connectivity index (χ3n) is 2.40. The summed E-state index contributed by atoms with van der Waals surface area (Å²) in [6.45, 7) is 1.84. The Bertz CT molecular complexity index is 599. The molecule has 1 amide bonds. The average molecular weight is 281 g/mol. The fourth-order valence-corrected chi connectivity index (χ4v) is 1.85. The molecule has 1 aromatic carbocycles. The molecule has 0 saturated heterocycles. The average Bonchev–Trinajstić information content (AvgIpc) is 2.32. The molecular weight excluding hydrogens is 271 g/mol. The fourth-order valence-electron chi connectivity index (χ4n) is 1.48. The van der Waals surface area contributed by atoms with Crippen LogP contribution in [0.3, 0.4) is 0 Å². The Hall–Kier alpha value is -1.58. The fraction of sp³-hybridized carbons (Fsp3) is 0.0769. The third kappa shape index (κ3) is 2.81. The lowest BCUT2D eigenvalue weighted by Crippen LogP contribution is -2.13. The van der Waals surface area contributed by atoms with E-state index in [-0.39, 0.29) is 5.91 Å². The van der Waals surface area contributed by atoms with Gasteiger partial charge in [0.25, 0.3) is 5.91 Å². The van der Waals surface area contributed by atoms with Crippen LogP contribution in [0.2, 0.25) is 10.0 Å². The van der Waals surface area contributed by atoms with Crippen molar-refractivity contribution >= 4 is 34.9 Å². The van der Waals surface area contributed by atoms with E-state index in [1.807, 2.05) is 13.0 Å². The summed E-state index contributed by atoms with van der Waals surface area (Å²) in [5, 5.41) is 3.60. The maximum Gasteiger partial charge on any atom is 0.258 e. The van der Waals surface area contributed by atoms with Crippen molar-refractivity contribution in [3.8, 4) is 0 Å². The number of nitrogens with one attached hydrogen (secondary N) is 1. The highest BCUT2D eigenvalue weighted by atomic mass is 35.5. The molecule has 0 aliphatic rings. The first-order valence-electron chi connectivity index (χ1n) is 5.26. The lowest BCUT2D eigenvalue weighted by atomic mass is 10.1. The second-order valence-corrected chi connectivity index (χ2v) is 4.56. The lowest BCUT2D eigenvalue weighted by Gasteiger charge is -2.07. The number of aromatic nitrogens is 1. The number of pyridine rings is 1. The van der Waals surface area contributed by atoms with Crippen LogP contribution in [0.4, 0.5) is 5.82 Å². The number of hydrogen-bond donors (Lipinski definition) is 1. The molecule has 0 atom stereocenters. The molecule has 1 N–H and O–H groups in total. The second kappa shape index (κ2) is 5.38. The minimum atomic E-state index is -0.307. The van der Waals surface area contributed by atoms with Crippen LogP contribution in [-0.2, 0) is 0 Å². The zero-order valence-corrected chi connectivity index (χ0v) is 11.1. The zero-order valence-electron chi connectivity index (χ0n) is 9.58. The van der Waals surface area contributed by atoms with Crippen molar-refractivity contribution < 1.29 is 4.79 Å². The maximum absolute atomic E-state index is 12.0. The van der Waals surface area contributed by atoms with E-state index in [2.05, 4.69) is 10.3 Å². The van der Waals surface area contributed by atoms with Gasteiger partial charge in [-0.1, -0.05) is 35.3 Å². The van der Waals surface area contributed by atoms with Crippen LogP contribution in [0.1, 0.15) is 15.9 Å². The van der Waals surface area contributed by atoms with E-state index in [9.17, 15) is 4.79 Å². The van der Waals surface area contributed by atoms with Crippen molar-refractivity contribution in [2.45, 2.75) is 6.92 Å². The lowest BCUT2D eigenvalue weighted by molar-refractivity contribution is 0.102. The maximum atomic E-state index is 12.0. The molecule has 5 heteroatoms. The van der Waals surface area contributed by atoms with E-state index in [0.29, 0.717) is 21.4 Å². The molecule has 2 rings (SSSR count). The van der Waals surface area contributed by atoms with Gasteiger partial charge in [-0.05, 0) is 30.7 Å². The van der Waals surface area contributed by atoms with Crippen LogP contribution < -0.4 is 5.32 Å². The molecule has 3 nitrogen and oxygen atoms in total. The highest BCUT2D eigenvalue weighted by Gasteiger charge is 2.12. The Morgan fingerprint density at radius 2 is 2.06 bits per heavy atom. The molecule has 18 heavy (non-hydrogen) atoms. The van der Waals surface area contributed by atoms with Crippen LogP contribution in [-0.4, -0.2) is 10.9 Å². The number of rotatable bonds is 2. The Balaban J connectivity index is 2.25. The van der Waals surface area contributed by atoms with Crippen molar-refractivity contribution in [2.24, 2.45) is 0 Å². The number of nitrogens with zero attached hydrogens (tertiary/aromatic N) is 1. The normalized spacial score (nSPS) is 10.2. The van der Waals surface area contributed by atoms with Gasteiger partial charge in [0.05, 0.1) is 10.6 Å². The molecule has 0 fully saturated rings. The third-order valence-corrected chi connectivity index (χ3v) is 3.14. The van der Waals surface area contributed by atoms with Gasteiger partial charge >= 0.3 is 0 Å². The van der Waals surface area contributed by atoms with Gasteiger partial charge in [-0.25, -0.2) is 4.98 Å². The molecule has 0 unspecified atom stereocenters. The first-order chi connectivity index (χ1) is 8.58. The Morgan fingerprint density at radius 3 is 2.78 bits per heavy atom. The summed E-state index contributed by atoms with van der Waals surface area (Å²) in [7, 11) is 0. The molecule has 1 heterocycles.